The second-order valence-electron chi connectivity index (χ2n) is 4.16. The van der Waals surface area contributed by atoms with E-state index in [2.05, 4.69) is 32.0 Å². The van der Waals surface area contributed by atoms with E-state index in [9.17, 15) is 0 Å². The maximum absolute atomic E-state index is 5.35. The van der Waals surface area contributed by atoms with E-state index in [1.165, 1.54) is 0 Å². The van der Waals surface area contributed by atoms with Gasteiger partial charge in [0.2, 0.25) is 0 Å². The van der Waals surface area contributed by atoms with Gasteiger partial charge in [0.15, 0.2) is 0 Å². The van der Waals surface area contributed by atoms with Gasteiger partial charge in [-0.25, -0.2) is 0 Å². The normalized spacial score (nSPS) is 14.8. The molecule has 3 heteroatoms. The minimum Gasteiger partial charge on any atom is -0.379 e. The molecular weight excluding hydrogens is 176 g/mol. The van der Waals surface area contributed by atoms with Gasteiger partial charge in [0, 0.05) is 6.61 Å². The van der Waals surface area contributed by atoms with Gasteiger partial charge in [-0.3, -0.25) is 4.29 Å². The van der Waals surface area contributed by atoms with Crippen LogP contribution in [0.1, 0.15) is 27.7 Å². The molecule has 0 saturated heterocycles. The zero-order chi connectivity index (χ0) is 9.61. The van der Waals surface area contributed by atoms with E-state index in [-0.39, 0.29) is 0 Å². The van der Waals surface area contributed by atoms with Crippen LogP contribution in [0.25, 0.3) is 0 Å². The Morgan fingerprint density at radius 1 is 1.25 bits per heavy atom. The van der Waals surface area contributed by atoms with Crippen molar-refractivity contribution >= 4 is 11.9 Å². The molecular formula is C9H19ClO2. The molecule has 1 atom stereocenters. The molecule has 0 aromatic carbocycles. The summed E-state index contributed by atoms with van der Waals surface area (Å²) in [6.07, 6.45) is 0. The van der Waals surface area contributed by atoms with E-state index < -0.39 is 0 Å². The second kappa shape index (κ2) is 5.79. The van der Waals surface area contributed by atoms with Crippen LogP contribution in [0.4, 0.5) is 0 Å². The average Bonchev–Trinajstić information content (AvgIpc) is 1.96. The van der Waals surface area contributed by atoms with Crippen molar-refractivity contribution in [3.05, 3.63) is 0 Å². The predicted octanol–water partition coefficient (Wildman–Crippen LogP) is 2.86. The Bertz CT molecular complexity index is 110. The summed E-state index contributed by atoms with van der Waals surface area (Å²) >= 11 is 5.03. The molecule has 0 fully saturated rings. The zero-order valence-electron chi connectivity index (χ0n) is 8.39. The Hall–Kier alpha value is 0.210. The lowest BCUT2D eigenvalue weighted by Gasteiger charge is -2.26. The molecule has 1 unspecified atom stereocenters. The third-order valence-corrected chi connectivity index (χ3v) is 2.31. The van der Waals surface area contributed by atoms with Gasteiger partial charge >= 0.3 is 0 Å². The quantitative estimate of drug-likeness (QED) is 0.627. The first-order valence-corrected chi connectivity index (χ1v) is 4.60. The molecule has 2 nitrogen and oxygen atoms in total. The lowest BCUT2D eigenvalue weighted by molar-refractivity contribution is 0.0485. The van der Waals surface area contributed by atoms with Crippen molar-refractivity contribution < 1.29 is 9.03 Å². The van der Waals surface area contributed by atoms with Crippen molar-refractivity contribution in [2.24, 2.45) is 11.3 Å². The van der Waals surface area contributed by atoms with Crippen LogP contribution in [0.2, 0.25) is 0 Å². The van der Waals surface area contributed by atoms with Crippen LogP contribution in [-0.2, 0) is 9.03 Å². The summed E-state index contributed by atoms with van der Waals surface area (Å²) in [5, 5.41) is 0. The van der Waals surface area contributed by atoms with E-state index in [1.807, 2.05) is 0 Å². The van der Waals surface area contributed by atoms with Gasteiger partial charge < -0.3 is 4.74 Å². The Labute approximate surface area is 80.4 Å². The predicted molar refractivity (Wildman–Crippen MR) is 51.2 cm³/mol. The highest BCUT2D eigenvalue weighted by Crippen LogP contribution is 2.25. The molecule has 0 aromatic rings. The SMILES string of the molecule is CC(COCCOCl)C(C)(C)C. The van der Waals surface area contributed by atoms with Gasteiger partial charge in [-0.2, -0.15) is 0 Å². The smallest absolute Gasteiger partial charge is 0.0916 e. The van der Waals surface area contributed by atoms with Gasteiger partial charge in [0.25, 0.3) is 0 Å². The minimum atomic E-state index is 0.307. The molecule has 0 aliphatic rings. The van der Waals surface area contributed by atoms with Crippen molar-refractivity contribution in [3.8, 4) is 0 Å². The monoisotopic (exact) mass is 194 g/mol. The van der Waals surface area contributed by atoms with Crippen molar-refractivity contribution in [3.63, 3.8) is 0 Å². The van der Waals surface area contributed by atoms with Crippen LogP contribution in [0.15, 0.2) is 0 Å². The van der Waals surface area contributed by atoms with Crippen LogP contribution in [-0.4, -0.2) is 19.8 Å². The van der Waals surface area contributed by atoms with Gasteiger partial charge in [-0.1, -0.05) is 27.7 Å². The van der Waals surface area contributed by atoms with Crippen LogP contribution in [0.3, 0.4) is 0 Å². The number of rotatable bonds is 5. The van der Waals surface area contributed by atoms with Crippen molar-refractivity contribution in [2.75, 3.05) is 19.8 Å². The first-order chi connectivity index (χ1) is 5.48. The molecule has 0 aliphatic heterocycles. The van der Waals surface area contributed by atoms with Crippen LogP contribution >= 0.6 is 11.9 Å². The summed E-state index contributed by atoms with van der Waals surface area (Å²) in [5.41, 5.74) is 0.307. The van der Waals surface area contributed by atoms with Crippen molar-refractivity contribution in [1.82, 2.24) is 0 Å². The van der Waals surface area contributed by atoms with Crippen molar-refractivity contribution in [2.45, 2.75) is 27.7 Å². The van der Waals surface area contributed by atoms with Crippen LogP contribution in [0, 0.1) is 11.3 Å². The number of halogens is 1. The maximum atomic E-state index is 5.35. The molecule has 74 valence electrons. The molecule has 0 spiro atoms. The summed E-state index contributed by atoms with van der Waals surface area (Å²) < 4.78 is 9.71. The molecule has 0 heterocycles. The average molecular weight is 195 g/mol. The molecule has 0 N–H and O–H groups in total. The Balaban J connectivity index is 3.38. The molecule has 0 aromatic heterocycles. The minimum absolute atomic E-state index is 0.307. The fourth-order valence-corrected chi connectivity index (χ4v) is 0.664. The van der Waals surface area contributed by atoms with E-state index in [0.29, 0.717) is 24.5 Å². The van der Waals surface area contributed by atoms with Crippen molar-refractivity contribution in [1.29, 1.82) is 0 Å². The summed E-state index contributed by atoms with van der Waals surface area (Å²) in [7, 11) is 0. The molecule has 12 heavy (non-hydrogen) atoms. The highest BCUT2D eigenvalue weighted by molar-refractivity contribution is 6.07. The molecule has 0 radical (unpaired) electrons. The summed E-state index contributed by atoms with van der Waals surface area (Å²) in [5.74, 6) is 0.549. The fraction of sp³-hybridized carbons (Fsp3) is 1.00. The fourth-order valence-electron chi connectivity index (χ4n) is 0.601. The van der Waals surface area contributed by atoms with Gasteiger partial charge in [-0.15, -0.1) is 0 Å². The topological polar surface area (TPSA) is 18.5 Å². The first-order valence-electron chi connectivity index (χ1n) is 4.29. The first kappa shape index (κ1) is 12.2. The lowest BCUT2D eigenvalue weighted by Crippen LogP contribution is -2.22. The van der Waals surface area contributed by atoms with E-state index in [1.54, 1.807) is 0 Å². The Kier molecular flexibility index (Phi) is 5.89. The molecule has 0 bridgehead atoms. The highest BCUT2D eigenvalue weighted by atomic mass is 35.5. The van der Waals surface area contributed by atoms with Crippen LogP contribution in [0.5, 0.6) is 0 Å². The molecule has 0 aliphatic carbocycles. The number of hydrogen-bond donors (Lipinski definition) is 0. The summed E-state index contributed by atoms with van der Waals surface area (Å²) in [4.78, 5) is 0. The second-order valence-corrected chi connectivity index (χ2v) is 4.37. The largest absolute Gasteiger partial charge is 0.379 e. The Morgan fingerprint density at radius 3 is 2.25 bits per heavy atom. The summed E-state index contributed by atoms with van der Waals surface area (Å²) in [6, 6.07) is 0. The van der Waals surface area contributed by atoms with Gasteiger partial charge in [0.1, 0.15) is 0 Å². The number of ether oxygens (including phenoxy) is 1. The number of hydrogen-bond acceptors (Lipinski definition) is 2. The third kappa shape index (κ3) is 5.81. The molecule has 0 saturated carbocycles. The van der Waals surface area contributed by atoms with E-state index in [4.69, 9.17) is 16.6 Å². The van der Waals surface area contributed by atoms with E-state index in [0.717, 1.165) is 6.61 Å². The van der Waals surface area contributed by atoms with Gasteiger partial charge in [0.05, 0.1) is 25.1 Å². The zero-order valence-corrected chi connectivity index (χ0v) is 9.15. The Morgan fingerprint density at radius 2 is 1.83 bits per heavy atom. The van der Waals surface area contributed by atoms with Gasteiger partial charge in [-0.05, 0) is 11.3 Å². The summed E-state index contributed by atoms with van der Waals surface area (Å²) in [6.45, 7) is 10.6. The molecule has 0 rings (SSSR count). The third-order valence-electron chi connectivity index (χ3n) is 2.15. The highest BCUT2D eigenvalue weighted by Gasteiger charge is 2.19. The lowest BCUT2D eigenvalue weighted by atomic mass is 9.83. The van der Waals surface area contributed by atoms with E-state index >= 15 is 0 Å². The maximum Gasteiger partial charge on any atom is 0.0916 e. The van der Waals surface area contributed by atoms with Crippen LogP contribution < -0.4 is 0 Å². The molecule has 0 amide bonds. The standard InChI is InChI=1S/C9H19ClO2/c1-8(9(2,3)4)7-11-5-6-12-10/h8H,5-7H2,1-4H3.